The van der Waals surface area contributed by atoms with Crippen LogP contribution < -0.4 is 0 Å². The van der Waals surface area contributed by atoms with Crippen LogP contribution in [0.1, 0.15) is 40.5 Å². The number of hydrogen-bond donors (Lipinski definition) is 0. The van der Waals surface area contributed by atoms with Gasteiger partial charge in [-0.1, -0.05) is 20.8 Å². The molecule has 1 unspecified atom stereocenters. The van der Waals surface area contributed by atoms with Crippen molar-refractivity contribution >= 4 is 5.97 Å². The second kappa shape index (κ2) is 4.43. The van der Waals surface area contributed by atoms with Crippen LogP contribution in [-0.4, -0.2) is 11.8 Å². The van der Waals surface area contributed by atoms with Crippen LogP contribution in [-0.2, 0) is 9.53 Å². The molecule has 0 aromatic carbocycles. The molecule has 0 aromatic heterocycles. The van der Waals surface area contributed by atoms with Gasteiger partial charge in [-0.25, -0.2) is 0 Å². The highest BCUT2D eigenvalue weighted by Gasteiger charge is 2.27. The number of ether oxygens (including phenoxy) is 1. The summed E-state index contributed by atoms with van der Waals surface area (Å²) in [6.45, 7) is 6.51. The highest BCUT2D eigenvalue weighted by molar-refractivity contribution is 5.71. The van der Waals surface area contributed by atoms with Crippen molar-refractivity contribution in [2.45, 2.75) is 46.4 Å². The second-order valence-electron chi connectivity index (χ2n) is 3.43. The molecule has 3 heteroatoms. The van der Waals surface area contributed by atoms with E-state index in [9.17, 15) is 9.18 Å². The van der Waals surface area contributed by atoms with Crippen LogP contribution in [0.3, 0.4) is 0 Å². The number of carbonyl (C=O) groups is 1. The van der Waals surface area contributed by atoms with Crippen LogP contribution in [0.25, 0.3) is 0 Å². The van der Waals surface area contributed by atoms with Crippen molar-refractivity contribution in [3.63, 3.8) is 0 Å². The number of carbonyl (C=O) groups excluding carboxylic acids is 1. The molecule has 0 heterocycles. The Bertz CT molecular complexity index is 153. The maximum Gasteiger partial charge on any atom is 0.311 e. The standard InChI is InChI=1S/C9H17FO2/c1-5-6-9(4,10)12-8(11)7(2)3/h7H,5-6H2,1-4H3. The summed E-state index contributed by atoms with van der Waals surface area (Å²) in [7, 11) is 0. The van der Waals surface area contributed by atoms with Crippen LogP contribution in [0, 0.1) is 5.92 Å². The summed E-state index contributed by atoms with van der Waals surface area (Å²) < 4.78 is 17.9. The normalized spacial score (nSPS) is 15.8. The molecule has 0 N–H and O–H groups in total. The zero-order valence-electron chi connectivity index (χ0n) is 8.19. The van der Waals surface area contributed by atoms with E-state index in [1.807, 2.05) is 6.92 Å². The van der Waals surface area contributed by atoms with E-state index in [-0.39, 0.29) is 12.3 Å². The molecular formula is C9H17FO2. The van der Waals surface area contributed by atoms with Gasteiger partial charge in [-0.3, -0.25) is 4.79 Å². The molecule has 0 spiro atoms. The molecular weight excluding hydrogens is 159 g/mol. The maximum absolute atomic E-state index is 13.3. The van der Waals surface area contributed by atoms with Gasteiger partial charge in [0.2, 0.25) is 5.85 Å². The Morgan fingerprint density at radius 3 is 2.42 bits per heavy atom. The van der Waals surface area contributed by atoms with E-state index in [4.69, 9.17) is 0 Å². The van der Waals surface area contributed by atoms with Gasteiger partial charge in [0, 0.05) is 13.3 Å². The van der Waals surface area contributed by atoms with Crippen molar-refractivity contribution in [1.29, 1.82) is 0 Å². The third-order valence-electron chi connectivity index (χ3n) is 1.48. The molecule has 0 aromatic rings. The molecule has 2 nitrogen and oxygen atoms in total. The number of rotatable bonds is 4. The van der Waals surface area contributed by atoms with E-state index >= 15 is 0 Å². The summed E-state index contributed by atoms with van der Waals surface area (Å²) in [5.74, 6) is -2.54. The smallest absolute Gasteiger partial charge is 0.311 e. The third-order valence-corrected chi connectivity index (χ3v) is 1.48. The number of alkyl halides is 1. The molecule has 0 aliphatic carbocycles. The Morgan fingerprint density at radius 1 is 1.58 bits per heavy atom. The lowest BCUT2D eigenvalue weighted by molar-refractivity contribution is -0.183. The zero-order valence-corrected chi connectivity index (χ0v) is 8.19. The quantitative estimate of drug-likeness (QED) is 0.615. The minimum atomic E-state index is -1.80. The fraction of sp³-hybridized carbons (Fsp3) is 0.889. The van der Waals surface area contributed by atoms with E-state index in [1.54, 1.807) is 13.8 Å². The molecule has 0 saturated heterocycles. The average molecular weight is 176 g/mol. The molecule has 0 bridgehead atoms. The van der Waals surface area contributed by atoms with Gasteiger partial charge >= 0.3 is 5.97 Å². The predicted octanol–water partition coefficient (Wildman–Crippen LogP) is 2.67. The number of halogens is 1. The van der Waals surface area contributed by atoms with Gasteiger partial charge in [-0.05, 0) is 6.42 Å². The predicted molar refractivity (Wildman–Crippen MR) is 45.4 cm³/mol. The van der Waals surface area contributed by atoms with E-state index in [0.717, 1.165) is 0 Å². The summed E-state index contributed by atoms with van der Waals surface area (Å²) in [4.78, 5) is 11.0. The molecule has 0 saturated carbocycles. The third kappa shape index (κ3) is 4.31. The molecule has 0 aliphatic rings. The van der Waals surface area contributed by atoms with Crippen molar-refractivity contribution in [2.75, 3.05) is 0 Å². The first-order valence-electron chi connectivity index (χ1n) is 4.31. The lowest BCUT2D eigenvalue weighted by Gasteiger charge is -2.21. The van der Waals surface area contributed by atoms with Gasteiger partial charge in [0.1, 0.15) is 0 Å². The molecule has 0 aliphatic heterocycles. The summed E-state index contributed by atoms with van der Waals surface area (Å²) >= 11 is 0. The molecule has 0 radical (unpaired) electrons. The Morgan fingerprint density at radius 2 is 2.08 bits per heavy atom. The Labute approximate surface area is 73.1 Å². The molecule has 0 rings (SSSR count). The van der Waals surface area contributed by atoms with Gasteiger partial charge in [0.25, 0.3) is 0 Å². The highest BCUT2D eigenvalue weighted by atomic mass is 19.2. The summed E-state index contributed by atoms with van der Waals surface area (Å²) in [6.07, 6.45) is 0.920. The molecule has 12 heavy (non-hydrogen) atoms. The van der Waals surface area contributed by atoms with Gasteiger partial charge < -0.3 is 4.74 Å². The van der Waals surface area contributed by atoms with Crippen molar-refractivity contribution in [1.82, 2.24) is 0 Å². The first-order chi connectivity index (χ1) is 5.39. The fourth-order valence-corrected chi connectivity index (χ4v) is 0.825. The van der Waals surface area contributed by atoms with Crippen molar-refractivity contribution in [3.8, 4) is 0 Å². The number of esters is 1. The van der Waals surface area contributed by atoms with Crippen molar-refractivity contribution in [2.24, 2.45) is 5.92 Å². The van der Waals surface area contributed by atoms with Crippen LogP contribution in [0.15, 0.2) is 0 Å². The Kier molecular flexibility index (Phi) is 4.21. The largest absolute Gasteiger partial charge is 0.429 e. The van der Waals surface area contributed by atoms with Gasteiger partial charge in [-0.15, -0.1) is 0 Å². The maximum atomic E-state index is 13.3. The van der Waals surface area contributed by atoms with Crippen molar-refractivity contribution < 1.29 is 13.9 Å². The van der Waals surface area contributed by atoms with Gasteiger partial charge in [0.05, 0.1) is 5.92 Å². The van der Waals surface area contributed by atoms with Crippen molar-refractivity contribution in [3.05, 3.63) is 0 Å². The lowest BCUT2D eigenvalue weighted by atomic mass is 10.2. The molecule has 0 amide bonds. The molecule has 0 fully saturated rings. The minimum Gasteiger partial charge on any atom is -0.429 e. The van der Waals surface area contributed by atoms with E-state index in [1.165, 1.54) is 6.92 Å². The van der Waals surface area contributed by atoms with Gasteiger partial charge in [0.15, 0.2) is 0 Å². The minimum absolute atomic E-state index is 0.255. The van der Waals surface area contributed by atoms with Crippen LogP contribution >= 0.6 is 0 Å². The van der Waals surface area contributed by atoms with Crippen LogP contribution in [0.4, 0.5) is 4.39 Å². The Hall–Kier alpha value is -0.600. The molecule has 1 atom stereocenters. The lowest BCUT2D eigenvalue weighted by Crippen LogP contribution is -2.28. The van der Waals surface area contributed by atoms with E-state index in [0.29, 0.717) is 6.42 Å². The monoisotopic (exact) mass is 176 g/mol. The summed E-state index contributed by atoms with van der Waals surface area (Å²) in [5, 5.41) is 0. The van der Waals surface area contributed by atoms with E-state index < -0.39 is 11.8 Å². The van der Waals surface area contributed by atoms with E-state index in [2.05, 4.69) is 4.74 Å². The Balaban J connectivity index is 3.96. The zero-order chi connectivity index (χ0) is 9.78. The first kappa shape index (κ1) is 11.4. The first-order valence-corrected chi connectivity index (χ1v) is 4.31. The summed E-state index contributed by atoms with van der Waals surface area (Å²) in [5.41, 5.74) is 0. The average Bonchev–Trinajstić information content (AvgIpc) is 1.85. The highest BCUT2D eigenvalue weighted by Crippen LogP contribution is 2.20. The molecule has 72 valence electrons. The van der Waals surface area contributed by atoms with Gasteiger partial charge in [-0.2, -0.15) is 4.39 Å². The fourth-order valence-electron chi connectivity index (χ4n) is 0.825. The second-order valence-corrected chi connectivity index (χ2v) is 3.43. The topological polar surface area (TPSA) is 26.3 Å². The SMILES string of the molecule is CCCC(C)(F)OC(=O)C(C)C. The summed E-state index contributed by atoms with van der Waals surface area (Å²) in [6, 6.07) is 0. The number of hydrogen-bond acceptors (Lipinski definition) is 2. The van der Waals surface area contributed by atoms with Crippen LogP contribution in [0.5, 0.6) is 0 Å². The van der Waals surface area contributed by atoms with Crippen LogP contribution in [0.2, 0.25) is 0 Å².